The lowest BCUT2D eigenvalue weighted by molar-refractivity contribution is -0.118. The number of ketones is 2. The van der Waals surface area contributed by atoms with Crippen molar-refractivity contribution >= 4 is 17.5 Å². The van der Waals surface area contributed by atoms with Crippen molar-refractivity contribution in [2.75, 3.05) is 6.54 Å². The Morgan fingerprint density at radius 2 is 1.81 bits per heavy atom. The van der Waals surface area contributed by atoms with Crippen LogP contribution in [0.5, 0.6) is 0 Å². The molecule has 1 unspecified atom stereocenters. The molecule has 3 rings (SSSR count). The summed E-state index contributed by atoms with van der Waals surface area (Å²) in [5.41, 5.74) is 1.19. The van der Waals surface area contributed by atoms with E-state index in [1.165, 1.54) is 6.92 Å². The minimum Gasteiger partial charge on any atom is -0.364 e. The van der Waals surface area contributed by atoms with Crippen molar-refractivity contribution in [2.45, 2.75) is 26.3 Å². The second kappa shape index (κ2) is 4.84. The molecule has 1 N–H and O–H groups in total. The molecule has 1 atom stereocenters. The van der Waals surface area contributed by atoms with Crippen LogP contribution in [0.15, 0.2) is 35.7 Å². The molecule has 0 saturated carbocycles. The van der Waals surface area contributed by atoms with E-state index >= 15 is 0 Å². The average Bonchev–Trinajstić information content (AvgIpc) is 2.46. The van der Waals surface area contributed by atoms with E-state index in [2.05, 4.69) is 5.32 Å². The normalized spacial score (nSPS) is 21.0. The quantitative estimate of drug-likeness (QED) is 0.894. The van der Waals surface area contributed by atoms with Gasteiger partial charge in [-0.2, -0.15) is 0 Å². The number of likely N-dealkylation sites (tertiary alicyclic amines) is 1. The van der Waals surface area contributed by atoms with E-state index in [-0.39, 0.29) is 29.2 Å². The zero-order valence-corrected chi connectivity index (χ0v) is 12.0. The first kappa shape index (κ1) is 13.5. The first-order valence-corrected chi connectivity index (χ1v) is 6.97. The van der Waals surface area contributed by atoms with Crippen LogP contribution in [0.3, 0.4) is 0 Å². The first-order chi connectivity index (χ1) is 10.0. The maximum atomic E-state index is 12.7. The lowest BCUT2D eigenvalue weighted by Crippen LogP contribution is -2.50. The molecular formula is C16H16N2O3. The first-order valence-electron chi connectivity index (χ1n) is 6.97. The number of allylic oxidation sites excluding steroid dienone is 2. The zero-order chi connectivity index (χ0) is 15.1. The molecule has 5 nitrogen and oxygen atoms in total. The van der Waals surface area contributed by atoms with Gasteiger partial charge in [-0.3, -0.25) is 14.4 Å². The van der Waals surface area contributed by atoms with Crippen molar-refractivity contribution in [1.82, 2.24) is 10.2 Å². The number of Topliss-reactive ketones (excluding diaryl/α,β-unsaturated/α-hetero) is 2. The van der Waals surface area contributed by atoms with E-state index in [0.29, 0.717) is 16.8 Å². The number of nitrogens with zero attached hydrogens (tertiary/aromatic N) is 1. The Kier molecular flexibility index (Phi) is 3.12. The molecule has 2 aliphatic rings. The summed E-state index contributed by atoms with van der Waals surface area (Å²) in [7, 11) is 0. The number of nitrogens with one attached hydrogen (secondary N) is 1. The number of carbonyl (C=O) groups excluding carboxylic acids is 3. The molecule has 5 heteroatoms. The van der Waals surface area contributed by atoms with Gasteiger partial charge in [0.1, 0.15) is 11.4 Å². The van der Waals surface area contributed by atoms with Crippen LogP contribution < -0.4 is 5.32 Å². The van der Waals surface area contributed by atoms with E-state index in [9.17, 15) is 14.4 Å². The Balaban J connectivity index is 2.16. The van der Waals surface area contributed by atoms with Gasteiger partial charge in [0.2, 0.25) is 17.5 Å². The highest BCUT2D eigenvalue weighted by Gasteiger charge is 2.39. The number of hydrogen-bond acceptors (Lipinski definition) is 4. The molecule has 1 aliphatic carbocycles. The fourth-order valence-corrected chi connectivity index (χ4v) is 2.78. The molecule has 0 spiro atoms. The van der Waals surface area contributed by atoms with Crippen molar-refractivity contribution in [1.29, 1.82) is 0 Å². The number of carbonyl (C=O) groups is 3. The van der Waals surface area contributed by atoms with Gasteiger partial charge in [0.15, 0.2) is 0 Å². The molecule has 21 heavy (non-hydrogen) atoms. The molecule has 0 aromatic heterocycles. The third-order valence-electron chi connectivity index (χ3n) is 4.00. The maximum absolute atomic E-state index is 12.7. The third kappa shape index (κ3) is 2.05. The standard InChI is InChI=1S/C16H16N2O3/c1-9-7-8-18(9)14-13(17-10(2)19)15(20)11-5-3-4-6-12(11)16(14)21/h3-6,9H,7-8H2,1-2H3,(H,17,19). The highest BCUT2D eigenvalue weighted by molar-refractivity contribution is 6.27. The van der Waals surface area contributed by atoms with Crippen molar-refractivity contribution in [3.63, 3.8) is 0 Å². The summed E-state index contributed by atoms with van der Waals surface area (Å²) in [4.78, 5) is 38.6. The van der Waals surface area contributed by atoms with Crippen molar-refractivity contribution in [3.8, 4) is 0 Å². The lowest BCUT2D eigenvalue weighted by Gasteiger charge is -2.43. The number of hydrogen-bond donors (Lipinski definition) is 1. The fraction of sp³-hybridized carbons (Fsp3) is 0.312. The number of amides is 1. The molecule has 1 aromatic rings. The average molecular weight is 284 g/mol. The van der Waals surface area contributed by atoms with Gasteiger partial charge in [0, 0.05) is 30.6 Å². The highest BCUT2D eigenvalue weighted by Crippen LogP contribution is 2.32. The van der Waals surface area contributed by atoms with Gasteiger partial charge in [-0.15, -0.1) is 0 Å². The minimum absolute atomic E-state index is 0.109. The number of fused-ring (bicyclic) bond motifs is 1. The predicted molar refractivity (Wildman–Crippen MR) is 76.7 cm³/mol. The van der Waals surface area contributed by atoms with Crippen molar-refractivity contribution in [2.24, 2.45) is 0 Å². The predicted octanol–water partition coefficient (Wildman–Crippen LogP) is 1.51. The molecule has 1 aliphatic heterocycles. The van der Waals surface area contributed by atoms with Crippen LogP contribution in [-0.2, 0) is 4.79 Å². The lowest BCUT2D eigenvalue weighted by atomic mass is 9.87. The van der Waals surface area contributed by atoms with Crippen LogP contribution in [-0.4, -0.2) is 35.0 Å². The van der Waals surface area contributed by atoms with Gasteiger partial charge in [-0.1, -0.05) is 24.3 Å². The molecular weight excluding hydrogens is 268 g/mol. The topological polar surface area (TPSA) is 66.5 Å². The Bertz CT molecular complexity index is 691. The number of rotatable bonds is 2. The monoisotopic (exact) mass is 284 g/mol. The molecule has 1 amide bonds. The van der Waals surface area contributed by atoms with Gasteiger partial charge >= 0.3 is 0 Å². The largest absolute Gasteiger partial charge is 0.364 e. The van der Waals surface area contributed by atoms with E-state index < -0.39 is 0 Å². The second-order valence-electron chi connectivity index (χ2n) is 5.44. The summed E-state index contributed by atoms with van der Waals surface area (Å²) < 4.78 is 0. The number of benzene rings is 1. The van der Waals surface area contributed by atoms with E-state index in [1.54, 1.807) is 24.3 Å². The summed E-state index contributed by atoms with van der Waals surface area (Å²) in [6.45, 7) is 4.06. The summed E-state index contributed by atoms with van der Waals surface area (Å²) in [6, 6.07) is 6.93. The minimum atomic E-state index is -0.351. The van der Waals surface area contributed by atoms with E-state index in [1.807, 2.05) is 11.8 Å². The molecule has 108 valence electrons. The highest BCUT2D eigenvalue weighted by atomic mass is 16.2. The second-order valence-corrected chi connectivity index (χ2v) is 5.44. The molecule has 0 bridgehead atoms. The van der Waals surface area contributed by atoms with Crippen molar-refractivity contribution in [3.05, 3.63) is 46.8 Å². The van der Waals surface area contributed by atoms with Crippen LogP contribution >= 0.6 is 0 Å². The molecule has 1 heterocycles. The van der Waals surface area contributed by atoms with Gasteiger partial charge < -0.3 is 10.2 Å². The van der Waals surface area contributed by atoms with Crippen LogP contribution in [0.2, 0.25) is 0 Å². The Morgan fingerprint density at radius 1 is 1.19 bits per heavy atom. The Morgan fingerprint density at radius 3 is 2.29 bits per heavy atom. The molecule has 0 radical (unpaired) electrons. The van der Waals surface area contributed by atoms with Crippen LogP contribution in [0, 0.1) is 0 Å². The maximum Gasteiger partial charge on any atom is 0.221 e. The van der Waals surface area contributed by atoms with Crippen LogP contribution in [0.25, 0.3) is 0 Å². The SMILES string of the molecule is CC(=O)NC1=C(N2CCC2C)C(=O)c2ccccc2C1=O. The van der Waals surface area contributed by atoms with Gasteiger partial charge in [-0.25, -0.2) is 0 Å². The molecule has 1 aromatic carbocycles. The molecule has 1 saturated heterocycles. The van der Waals surface area contributed by atoms with Gasteiger partial charge in [0.25, 0.3) is 0 Å². The van der Waals surface area contributed by atoms with Crippen LogP contribution in [0.1, 0.15) is 41.0 Å². The summed E-state index contributed by atoms with van der Waals surface area (Å²) in [5.74, 6) is -0.841. The van der Waals surface area contributed by atoms with Gasteiger partial charge in [0.05, 0.1) is 0 Å². The summed E-state index contributed by atoms with van der Waals surface area (Å²) in [5, 5.41) is 2.55. The van der Waals surface area contributed by atoms with Crippen molar-refractivity contribution < 1.29 is 14.4 Å². The zero-order valence-electron chi connectivity index (χ0n) is 12.0. The van der Waals surface area contributed by atoms with E-state index in [0.717, 1.165) is 13.0 Å². The summed E-state index contributed by atoms with van der Waals surface area (Å²) >= 11 is 0. The Hall–Kier alpha value is -2.43. The third-order valence-corrected chi connectivity index (χ3v) is 4.00. The smallest absolute Gasteiger partial charge is 0.221 e. The van der Waals surface area contributed by atoms with Crippen LogP contribution in [0.4, 0.5) is 0 Å². The Labute approximate surface area is 122 Å². The van der Waals surface area contributed by atoms with E-state index in [4.69, 9.17) is 0 Å². The fourth-order valence-electron chi connectivity index (χ4n) is 2.78. The van der Waals surface area contributed by atoms with Gasteiger partial charge in [-0.05, 0) is 13.3 Å². The molecule has 1 fully saturated rings. The summed E-state index contributed by atoms with van der Waals surface area (Å²) in [6.07, 6.45) is 0.972.